The van der Waals surface area contributed by atoms with Gasteiger partial charge >= 0.3 is 0 Å². The number of rotatable bonds is 2. The van der Waals surface area contributed by atoms with Gasteiger partial charge in [0.15, 0.2) is 0 Å². The molecule has 0 bridgehead atoms. The highest BCUT2D eigenvalue weighted by atomic mass is 35.5. The molecule has 1 aromatic carbocycles. The largest absolute Gasteiger partial charge is 0.147 e. The first kappa shape index (κ1) is 11.9. The quantitative estimate of drug-likeness (QED) is 0.646. The van der Waals surface area contributed by atoms with Crippen molar-refractivity contribution in [2.45, 2.75) is 6.16 Å². The highest BCUT2D eigenvalue weighted by Gasteiger charge is 2.16. The van der Waals surface area contributed by atoms with Crippen molar-refractivity contribution in [2.24, 2.45) is 0 Å². The Hall–Kier alpha value is -0.0600. The fourth-order valence-electron chi connectivity index (χ4n) is 1.13. The van der Waals surface area contributed by atoms with Crippen LogP contribution in [0.15, 0.2) is 30.3 Å². The maximum atomic E-state index is 2.38. The molecule has 1 rings (SSSR count). The van der Waals surface area contributed by atoms with E-state index in [1.807, 2.05) is 0 Å². The minimum Gasteiger partial charge on any atom is -0.147 e. The third-order valence-corrected chi connectivity index (χ3v) is 2.81. The maximum Gasteiger partial charge on any atom is 0.0834 e. The number of hydrogen-bond acceptors (Lipinski definition) is 0. The molecule has 0 amide bonds. The lowest BCUT2D eigenvalue weighted by Gasteiger charge is -2.10. The second-order valence-electron chi connectivity index (χ2n) is 3.93. The van der Waals surface area contributed by atoms with Gasteiger partial charge in [-0.25, -0.2) is 0 Å². The Bertz CT molecular complexity index is 213. The Morgan fingerprint density at radius 1 is 1.00 bits per heavy atom. The second kappa shape index (κ2) is 4.84. The molecule has 0 fully saturated rings. The van der Waals surface area contributed by atoms with E-state index in [0.29, 0.717) is 0 Å². The predicted octanol–water partition coefficient (Wildman–Crippen LogP) is 3.52. The third kappa shape index (κ3) is 4.74. The van der Waals surface area contributed by atoms with Gasteiger partial charge in [-0.1, -0.05) is 30.3 Å². The van der Waals surface area contributed by atoms with Crippen molar-refractivity contribution in [3.05, 3.63) is 35.9 Å². The van der Waals surface area contributed by atoms with Gasteiger partial charge < -0.3 is 0 Å². The van der Waals surface area contributed by atoms with Crippen LogP contribution in [0.25, 0.3) is 0 Å². The Balaban J connectivity index is 0.00000121. The van der Waals surface area contributed by atoms with E-state index in [4.69, 9.17) is 0 Å². The van der Waals surface area contributed by atoms with Gasteiger partial charge in [0.05, 0.1) is 6.16 Å². The van der Waals surface area contributed by atoms with Crippen LogP contribution in [0.5, 0.6) is 0 Å². The lowest BCUT2D eigenvalue weighted by Crippen LogP contribution is -1.90. The summed E-state index contributed by atoms with van der Waals surface area (Å²) >= 11 is 0. The minimum absolute atomic E-state index is 0. The normalized spacial score (nSPS) is 10.6. The van der Waals surface area contributed by atoms with Crippen LogP contribution < -0.4 is 0 Å². The first-order chi connectivity index (χ1) is 5.08. The lowest BCUT2D eigenvalue weighted by molar-refractivity contribution is 1.38. The summed E-state index contributed by atoms with van der Waals surface area (Å²) in [6, 6.07) is 10.7. The standard InChI is InChI=1S/C10H16P.ClH/c1-11(2,3)9-10-7-5-4-6-8-10;/h4-8H,9H2,1-3H3;1H/q+1;. The molecule has 0 saturated carbocycles. The van der Waals surface area contributed by atoms with Crippen molar-refractivity contribution >= 4 is 19.7 Å². The molecule has 0 nitrogen and oxygen atoms in total. The molecule has 0 N–H and O–H groups in total. The zero-order valence-corrected chi connectivity index (χ0v) is 9.66. The average Bonchev–Trinajstić information content (AvgIpc) is 1.85. The minimum atomic E-state index is -0.638. The van der Waals surface area contributed by atoms with Crippen LogP contribution in [0.1, 0.15) is 5.56 Å². The van der Waals surface area contributed by atoms with E-state index in [1.165, 1.54) is 11.7 Å². The van der Waals surface area contributed by atoms with E-state index in [9.17, 15) is 0 Å². The van der Waals surface area contributed by atoms with Gasteiger partial charge in [0, 0.05) is 27.3 Å². The van der Waals surface area contributed by atoms with E-state index in [2.05, 4.69) is 50.3 Å². The Kier molecular flexibility index (Phi) is 4.82. The van der Waals surface area contributed by atoms with Crippen LogP contribution in [-0.4, -0.2) is 20.0 Å². The van der Waals surface area contributed by atoms with Gasteiger partial charge in [-0.3, -0.25) is 0 Å². The van der Waals surface area contributed by atoms with Crippen LogP contribution in [0.2, 0.25) is 0 Å². The zero-order chi connectivity index (χ0) is 8.32. The van der Waals surface area contributed by atoms with Gasteiger partial charge in [0.25, 0.3) is 0 Å². The molecule has 0 aliphatic carbocycles. The predicted molar refractivity (Wildman–Crippen MR) is 62.1 cm³/mol. The van der Waals surface area contributed by atoms with E-state index in [1.54, 1.807) is 0 Å². The summed E-state index contributed by atoms with van der Waals surface area (Å²) in [5, 5.41) is 0. The molecule has 0 unspecified atom stereocenters. The van der Waals surface area contributed by atoms with Crippen molar-refractivity contribution in [3.63, 3.8) is 0 Å². The lowest BCUT2D eigenvalue weighted by atomic mass is 10.2. The summed E-state index contributed by atoms with van der Waals surface area (Å²) in [4.78, 5) is 0. The summed E-state index contributed by atoms with van der Waals surface area (Å²) < 4.78 is 0. The first-order valence-electron chi connectivity index (χ1n) is 3.92. The van der Waals surface area contributed by atoms with Gasteiger partial charge in [-0.05, 0) is 5.56 Å². The molecule has 1 aromatic rings. The van der Waals surface area contributed by atoms with Crippen molar-refractivity contribution in [2.75, 3.05) is 20.0 Å². The number of hydrogen-bond donors (Lipinski definition) is 0. The highest BCUT2D eigenvalue weighted by Crippen LogP contribution is 2.49. The van der Waals surface area contributed by atoms with Gasteiger partial charge in [0.2, 0.25) is 0 Å². The molecular weight excluding hydrogens is 187 g/mol. The fraction of sp³-hybridized carbons (Fsp3) is 0.400. The van der Waals surface area contributed by atoms with Gasteiger partial charge in [-0.2, -0.15) is 0 Å². The maximum absolute atomic E-state index is 2.38. The Morgan fingerprint density at radius 3 is 1.92 bits per heavy atom. The smallest absolute Gasteiger partial charge is 0.0834 e. The molecule has 12 heavy (non-hydrogen) atoms. The summed E-state index contributed by atoms with van der Waals surface area (Å²) in [6.07, 6.45) is 1.27. The SMILES string of the molecule is C[P+](C)(C)Cc1ccccc1.Cl. The summed E-state index contributed by atoms with van der Waals surface area (Å²) in [6.45, 7) is 7.12. The second-order valence-corrected chi connectivity index (χ2v) is 8.83. The molecule has 0 spiro atoms. The summed E-state index contributed by atoms with van der Waals surface area (Å²) in [5.74, 6) is 0. The van der Waals surface area contributed by atoms with Gasteiger partial charge in [-0.15, -0.1) is 12.4 Å². The molecule has 0 heterocycles. The molecule has 0 aliphatic rings. The van der Waals surface area contributed by atoms with Crippen molar-refractivity contribution < 1.29 is 0 Å². The van der Waals surface area contributed by atoms with Crippen molar-refractivity contribution in [1.29, 1.82) is 0 Å². The average molecular weight is 204 g/mol. The van der Waals surface area contributed by atoms with Crippen LogP contribution in [0.4, 0.5) is 0 Å². The molecule has 0 atom stereocenters. The third-order valence-electron chi connectivity index (χ3n) is 1.50. The topological polar surface area (TPSA) is 0 Å². The molecular formula is C10H17ClP+. The van der Waals surface area contributed by atoms with Crippen molar-refractivity contribution in [1.82, 2.24) is 0 Å². The van der Waals surface area contributed by atoms with E-state index in [-0.39, 0.29) is 12.4 Å². The van der Waals surface area contributed by atoms with Crippen LogP contribution in [-0.2, 0) is 6.16 Å². The molecule has 0 aliphatic heterocycles. The highest BCUT2D eigenvalue weighted by molar-refractivity contribution is 7.72. The first-order valence-corrected chi connectivity index (χ1v) is 7.24. The monoisotopic (exact) mass is 203 g/mol. The molecule has 2 heteroatoms. The number of benzene rings is 1. The molecule has 0 saturated heterocycles. The molecule has 68 valence electrons. The molecule has 0 radical (unpaired) electrons. The summed E-state index contributed by atoms with van der Waals surface area (Å²) in [7, 11) is -0.638. The number of halogens is 1. The zero-order valence-electron chi connectivity index (χ0n) is 7.95. The van der Waals surface area contributed by atoms with E-state index < -0.39 is 7.26 Å². The Labute approximate surface area is 82.1 Å². The van der Waals surface area contributed by atoms with Crippen LogP contribution in [0.3, 0.4) is 0 Å². The Morgan fingerprint density at radius 2 is 1.50 bits per heavy atom. The fourth-order valence-corrected chi connectivity index (χ4v) is 2.44. The van der Waals surface area contributed by atoms with E-state index >= 15 is 0 Å². The summed E-state index contributed by atoms with van der Waals surface area (Å²) in [5.41, 5.74) is 1.48. The van der Waals surface area contributed by atoms with E-state index in [0.717, 1.165) is 0 Å². The van der Waals surface area contributed by atoms with Crippen LogP contribution >= 0.6 is 19.7 Å². The van der Waals surface area contributed by atoms with Crippen molar-refractivity contribution in [3.8, 4) is 0 Å². The van der Waals surface area contributed by atoms with Crippen LogP contribution in [0, 0.1) is 0 Å². The molecule has 0 aromatic heterocycles. The van der Waals surface area contributed by atoms with Gasteiger partial charge in [0.1, 0.15) is 0 Å².